The van der Waals surface area contributed by atoms with Crippen LogP contribution in [-0.4, -0.2) is 26.9 Å². The predicted octanol–water partition coefficient (Wildman–Crippen LogP) is 4.26. The molecule has 0 unspecified atom stereocenters. The van der Waals surface area contributed by atoms with Gasteiger partial charge in [0.25, 0.3) is 0 Å². The lowest BCUT2D eigenvalue weighted by molar-refractivity contribution is -0.124. The second kappa shape index (κ2) is 6.89. The van der Waals surface area contributed by atoms with E-state index in [4.69, 9.17) is 16.7 Å². The molecule has 0 radical (unpaired) electrons. The summed E-state index contributed by atoms with van der Waals surface area (Å²) in [5, 5.41) is 7.35. The summed E-state index contributed by atoms with van der Waals surface area (Å²) >= 11 is 4.90. The van der Waals surface area contributed by atoms with Gasteiger partial charge in [0.15, 0.2) is 5.82 Å². The van der Waals surface area contributed by atoms with E-state index in [0.29, 0.717) is 28.6 Å². The van der Waals surface area contributed by atoms with Crippen LogP contribution in [0.4, 0.5) is 17.1 Å². The van der Waals surface area contributed by atoms with Crippen LogP contribution in [0.5, 0.6) is 0 Å². The normalized spacial score (nSPS) is 13.8. The molecule has 30 heavy (non-hydrogen) atoms. The third-order valence-corrected chi connectivity index (χ3v) is 5.08. The van der Waals surface area contributed by atoms with Crippen LogP contribution in [0.1, 0.15) is 12.0 Å². The summed E-state index contributed by atoms with van der Waals surface area (Å²) in [6.45, 7) is 2.01. The number of fused-ring (bicyclic) bond motifs is 3. The number of aryl methyl sites for hydroxylation is 1. The largest absolute Gasteiger partial charge is 0.348 e. The number of nitrogens with one attached hydrogen (secondary N) is 2. The SMILES string of the molecule is Cc1ccc2c3c(ccc2c1)N(c1ccnc(-c2nc(=S)o[nH]2)c1)C(=O)CC(=O)N3. The van der Waals surface area contributed by atoms with E-state index in [9.17, 15) is 9.59 Å². The Morgan fingerprint density at radius 2 is 2.00 bits per heavy atom. The zero-order valence-electron chi connectivity index (χ0n) is 15.8. The number of pyridine rings is 1. The molecule has 0 atom stereocenters. The lowest BCUT2D eigenvalue weighted by Gasteiger charge is -2.23. The summed E-state index contributed by atoms with van der Waals surface area (Å²) in [6, 6.07) is 13.1. The van der Waals surface area contributed by atoms with Gasteiger partial charge in [-0.3, -0.25) is 19.5 Å². The number of hydrogen-bond donors (Lipinski definition) is 2. The Morgan fingerprint density at radius 1 is 1.13 bits per heavy atom. The second-order valence-electron chi connectivity index (χ2n) is 6.97. The van der Waals surface area contributed by atoms with Gasteiger partial charge in [0, 0.05) is 11.6 Å². The van der Waals surface area contributed by atoms with E-state index in [1.807, 2.05) is 37.3 Å². The molecule has 0 saturated carbocycles. The lowest BCUT2D eigenvalue weighted by Crippen LogP contribution is -2.26. The third-order valence-electron chi connectivity index (χ3n) is 4.90. The number of hydrogen-bond acceptors (Lipinski definition) is 6. The Bertz CT molecular complexity index is 1390. The average molecular weight is 417 g/mol. The molecule has 0 bridgehead atoms. The monoisotopic (exact) mass is 417 g/mol. The van der Waals surface area contributed by atoms with Gasteiger partial charge in [-0.25, -0.2) is 0 Å². The van der Waals surface area contributed by atoms with Crippen LogP contribution in [0, 0.1) is 11.8 Å². The van der Waals surface area contributed by atoms with Crippen molar-refractivity contribution in [1.82, 2.24) is 15.1 Å². The Kier molecular flexibility index (Phi) is 4.18. The quantitative estimate of drug-likeness (QED) is 0.373. The van der Waals surface area contributed by atoms with E-state index in [2.05, 4.69) is 20.4 Å². The number of rotatable bonds is 2. The summed E-state index contributed by atoms with van der Waals surface area (Å²) in [5.41, 5.74) is 3.31. The number of H-pyrrole nitrogens is 1. The number of aromatic nitrogens is 3. The maximum atomic E-state index is 13.0. The Hall–Kier alpha value is -3.85. The van der Waals surface area contributed by atoms with Gasteiger partial charge >= 0.3 is 4.84 Å². The van der Waals surface area contributed by atoms with Crippen LogP contribution >= 0.6 is 12.2 Å². The molecular weight excluding hydrogens is 402 g/mol. The molecule has 0 aliphatic carbocycles. The van der Waals surface area contributed by atoms with Gasteiger partial charge < -0.3 is 9.84 Å². The first-order valence-electron chi connectivity index (χ1n) is 9.18. The van der Waals surface area contributed by atoms with Crippen molar-refractivity contribution in [3.8, 4) is 11.5 Å². The van der Waals surface area contributed by atoms with Crippen molar-refractivity contribution in [3.63, 3.8) is 0 Å². The van der Waals surface area contributed by atoms with Gasteiger partial charge in [-0.1, -0.05) is 29.8 Å². The van der Waals surface area contributed by atoms with Crippen LogP contribution in [0.25, 0.3) is 22.3 Å². The summed E-state index contributed by atoms with van der Waals surface area (Å²) < 4.78 is 4.98. The van der Waals surface area contributed by atoms with Gasteiger partial charge in [-0.2, -0.15) is 10.1 Å². The molecule has 0 saturated heterocycles. The lowest BCUT2D eigenvalue weighted by atomic mass is 10.0. The molecule has 8 nitrogen and oxygen atoms in total. The Balaban J connectivity index is 1.71. The Labute approximate surface area is 175 Å². The van der Waals surface area contributed by atoms with E-state index < -0.39 is 0 Å². The number of amides is 2. The topological polar surface area (TPSA) is 104 Å². The molecule has 2 aromatic heterocycles. The highest BCUT2D eigenvalue weighted by molar-refractivity contribution is 7.71. The van der Waals surface area contributed by atoms with Crippen LogP contribution in [0.2, 0.25) is 0 Å². The van der Waals surface area contributed by atoms with Crippen LogP contribution < -0.4 is 10.2 Å². The van der Waals surface area contributed by atoms with Crippen molar-refractivity contribution >= 4 is 51.9 Å². The first-order valence-corrected chi connectivity index (χ1v) is 9.58. The fourth-order valence-electron chi connectivity index (χ4n) is 3.60. The van der Waals surface area contributed by atoms with Crippen molar-refractivity contribution in [2.45, 2.75) is 13.3 Å². The van der Waals surface area contributed by atoms with Crippen molar-refractivity contribution in [2.24, 2.45) is 0 Å². The van der Waals surface area contributed by atoms with E-state index in [1.165, 1.54) is 4.90 Å². The second-order valence-corrected chi connectivity index (χ2v) is 7.32. The smallest absolute Gasteiger partial charge is 0.314 e. The molecular formula is C21H15N5O3S. The van der Waals surface area contributed by atoms with Crippen molar-refractivity contribution < 1.29 is 14.1 Å². The minimum absolute atomic E-state index is 0.0601. The first-order chi connectivity index (χ1) is 14.5. The predicted molar refractivity (Wildman–Crippen MR) is 114 cm³/mol. The summed E-state index contributed by atoms with van der Waals surface area (Å²) in [4.78, 5) is 35.4. The van der Waals surface area contributed by atoms with E-state index in [0.717, 1.165) is 16.3 Å². The van der Waals surface area contributed by atoms with E-state index in [-0.39, 0.29) is 23.1 Å². The van der Waals surface area contributed by atoms with E-state index in [1.54, 1.807) is 18.3 Å². The number of carbonyl (C=O) groups is 2. The molecule has 2 aromatic carbocycles. The minimum atomic E-state index is -0.355. The number of carbonyl (C=O) groups excluding carboxylic acids is 2. The van der Waals surface area contributed by atoms with E-state index >= 15 is 0 Å². The molecule has 4 aromatic rings. The number of benzene rings is 2. The summed E-state index contributed by atoms with van der Waals surface area (Å²) in [6.07, 6.45) is 1.29. The zero-order chi connectivity index (χ0) is 20.8. The van der Waals surface area contributed by atoms with Crippen molar-refractivity contribution in [2.75, 3.05) is 10.2 Å². The maximum Gasteiger partial charge on any atom is 0.314 e. The molecule has 1 aliphatic rings. The number of aromatic amines is 1. The molecule has 1 aliphatic heterocycles. The van der Waals surface area contributed by atoms with Gasteiger partial charge in [0.05, 0.1) is 17.1 Å². The van der Waals surface area contributed by atoms with Gasteiger partial charge in [-0.05, 0) is 42.7 Å². The molecule has 0 spiro atoms. The molecule has 5 rings (SSSR count). The number of nitrogens with zero attached hydrogens (tertiary/aromatic N) is 3. The first kappa shape index (κ1) is 18.2. The van der Waals surface area contributed by atoms with Gasteiger partial charge in [0.1, 0.15) is 12.1 Å². The molecule has 148 valence electrons. The highest BCUT2D eigenvalue weighted by atomic mass is 32.1. The van der Waals surface area contributed by atoms with Gasteiger partial charge in [-0.15, -0.1) is 0 Å². The fraction of sp³-hybridized carbons (Fsp3) is 0.0952. The highest BCUT2D eigenvalue weighted by Crippen LogP contribution is 2.40. The molecule has 9 heteroatoms. The average Bonchev–Trinajstić information content (AvgIpc) is 3.10. The molecule has 3 heterocycles. The van der Waals surface area contributed by atoms with Crippen LogP contribution in [0.15, 0.2) is 53.2 Å². The molecule has 2 N–H and O–H groups in total. The maximum absolute atomic E-state index is 13.0. The standard InChI is InChI=1S/C21H15N5O3S/c1-11-2-4-14-12(8-11)3-5-16-19(14)23-17(27)10-18(28)26(16)13-6-7-22-15(9-13)20-24-21(30)29-25-20/h2-9H,10H2,1H3,(H,23,27)(H,24,25,30). The zero-order valence-corrected chi connectivity index (χ0v) is 16.6. The Morgan fingerprint density at radius 3 is 2.80 bits per heavy atom. The minimum Gasteiger partial charge on any atom is -0.348 e. The summed E-state index contributed by atoms with van der Waals surface area (Å²) in [7, 11) is 0. The molecule has 2 amide bonds. The number of anilines is 3. The van der Waals surface area contributed by atoms with Crippen molar-refractivity contribution in [1.29, 1.82) is 0 Å². The highest BCUT2D eigenvalue weighted by Gasteiger charge is 2.29. The van der Waals surface area contributed by atoms with Crippen LogP contribution in [0.3, 0.4) is 0 Å². The summed E-state index contributed by atoms with van der Waals surface area (Å²) in [5.74, 6) is -0.345. The molecule has 0 fully saturated rings. The van der Waals surface area contributed by atoms with Crippen molar-refractivity contribution in [3.05, 3.63) is 59.1 Å². The van der Waals surface area contributed by atoms with Crippen LogP contribution in [-0.2, 0) is 9.59 Å². The fourth-order valence-corrected chi connectivity index (χ4v) is 3.73. The van der Waals surface area contributed by atoms with Gasteiger partial charge in [0.2, 0.25) is 11.8 Å². The third kappa shape index (κ3) is 3.05.